The van der Waals surface area contributed by atoms with E-state index in [1.165, 1.54) is 16.7 Å². The van der Waals surface area contributed by atoms with E-state index in [9.17, 15) is 4.79 Å². The molecule has 3 rings (SSSR count). The van der Waals surface area contributed by atoms with E-state index < -0.39 is 0 Å². The number of anilines is 1. The van der Waals surface area contributed by atoms with Crippen LogP contribution < -0.4 is 19.1 Å². The van der Waals surface area contributed by atoms with Crippen molar-refractivity contribution in [2.75, 3.05) is 25.2 Å². The number of rotatable bonds is 7. The highest BCUT2D eigenvalue weighted by Gasteiger charge is 2.33. The predicted molar refractivity (Wildman–Crippen MR) is 125 cm³/mol. The van der Waals surface area contributed by atoms with Crippen molar-refractivity contribution >= 4 is 61.9 Å². The quantitative estimate of drug-likeness (QED) is 0.366. The Labute approximate surface area is 188 Å². The maximum atomic E-state index is 13.0. The first kappa shape index (κ1) is 21.7. The molecule has 0 N–H and O–H groups in total. The second kappa shape index (κ2) is 9.65. The molecule has 0 aromatic heterocycles. The SMILES string of the molecule is CCOc1ccc(N2C(=O)/C(=C\c3cc(Br)c(OC)c(OCC)c3)SC2=S)cc1. The smallest absolute Gasteiger partial charge is 0.270 e. The molecule has 2 aromatic carbocycles. The number of carbonyl (C=O) groups excluding carboxylic acids is 1. The molecule has 1 aliphatic heterocycles. The van der Waals surface area contributed by atoms with Crippen molar-refractivity contribution < 1.29 is 19.0 Å². The van der Waals surface area contributed by atoms with E-state index in [4.69, 9.17) is 26.4 Å². The minimum atomic E-state index is -0.158. The molecule has 1 fully saturated rings. The lowest BCUT2D eigenvalue weighted by molar-refractivity contribution is -0.113. The average molecular weight is 494 g/mol. The number of amides is 1. The van der Waals surface area contributed by atoms with Crippen LogP contribution in [-0.4, -0.2) is 30.6 Å². The summed E-state index contributed by atoms with van der Waals surface area (Å²) in [6, 6.07) is 11.0. The van der Waals surface area contributed by atoms with Gasteiger partial charge in [0.1, 0.15) is 5.75 Å². The lowest BCUT2D eigenvalue weighted by Crippen LogP contribution is -2.27. The maximum absolute atomic E-state index is 13.0. The standard InChI is InChI=1S/C21H20BrNO4S2/c1-4-26-15-8-6-14(7-9-15)23-20(24)18(29-21(23)28)12-13-10-16(22)19(25-3)17(11-13)27-5-2/h6-12H,4-5H2,1-3H3/b18-12+. The molecule has 152 valence electrons. The van der Waals surface area contributed by atoms with Crippen molar-refractivity contribution in [1.82, 2.24) is 0 Å². The van der Waals surface area contributed by atoms with Crippen LogP contribution in [0.1, 0.15) is 19.4 Å². The Balaban J connectivity index is 1.90. The van der Waals surface area contributed by atoms with Crippen LogP contribution in [0.4, 0.5) is 5.69 Å². The molecule has 8 heteroatoms. The van der Waals surface area contributed by atoms with Gasteiger partial charge in [-0.25, -0.2) is 0 Å². The summed E-state index contributed by atoms with van der Waals surface area (Å²) < 4.78 is 17.7. The zero-order valence-corrected chi connectivity index (χ0v) is 19.4. The molecule has 0 radical (unpaired) electrons. The van der Waals surface area contributed by atoms with Crippen LogP contribution in [0.2, 0.25) is 0 Å². The van der Waals surface area contributed by atoms with E-state index in [2.05, 4.69) is 15.9 Å². The van der Waals surface area contributed by atoms with Crippen molar-refractivity contribution in [2.24, 2.45) is 0 Å². The number of ether oxygens (including phenoxy) is 3. The van der Waals surface area contributed by atoms with Crippen molar-refractivity contribution in [3.63, 3.8) is 0 Å². The summed E-state index contributed by atoms with van der Waals surface area (Å²) in [4.78, 5) is 15.1. The number of thiocarbonyl (C=S) groups is 1. The normalized spacial score (nSPS) is 15.2. The molecule has 1 amide bonds. The molecule has 29 heavy (non-hydrogen) atoms. The lowest BCUT2D eigenvalue weighted by atomic mass is 10.1. The van der Waals surface area contributed by atoms with Gasteiger partial charge >= 0.3 is 0 Å². The number of methoxy groups -OCH3 is 1. The van der Waals surface area contributed by atoms with E-state index in [0.29, 0.717) is 39.6 Å². The van der Waals surface area contributed by atoms with Gasteiger partial charge in [0.05, 0.1) is 35.4 Å². The highest BCUT2D eigenvalue weighted by atomic mass is 79.9. The zero-order valence-electron chi connectivity index (χ0n) is 16.2. The van der Waals surface area contributed by atoms with Gasteiger partial charge in [0.25, 0.3) is 5.91 Å². The Bertz CT molecular complexity index is 960. The average Bonchev–Trinajstić information content (AvgIpc) is 2.96. The van der Waals surface area contributed by atoms with Crippen molar-refractivity contribution in [1.29, 1.82) is 0 Å². The molecule has 1 heterocycles. The van der Waals surface area contributed by atoms with Crippen LogP contribution in [0, 0.1) is 0 Å². The summed E-state index contributed by atoms with van der Waals surface area (Å²) in [5.41, 5.74) is 1.53. The Morgan fingerprint density at radius 3 is 2.45 bits per heavy atom. The first-order valence-corrected chi connectivity index (χ1v) is 11.0. The molecule has 0 spiro atoms. The predicted octanol–water partition coefficient (Wildman–Crippen LogP) is 5.66. The van der Waals surface area contributed by atoms with Gasteiger partial charge < -0.3 is 14.2 Å². The van der Waals surface area contributed by atoms with Gasteiger partial charge in [-0.05, 0) is 77.8 Å². The third-order valence-electron chi connectivity index (χ3n) is 4.03. The lowest BCUT2D eigenvalue weighted by Gasteiger charge is -2.15. The molecule has 0 bridgehead atoms. The van der Waals surface area contributed by atoms with Crippen LogP contribution in [0.3, 0.4) is 0 Å². The van der Waals surface area contributed by atoms with Gasteiger partial charge in [-0.3, -0.25) is 9.69 Å². The fourth-order valence-electron chi connectivity index (χ4n) is 2.83. The number of thioether (sulfide) groups is 1. The minimum Gasteiger partial charge on any atom is -0.494 e. The molecule has 0 unspecified atom stereocenters. The van der Waals surface area contributed by atoms with Crippen LogP contribution in [0.25, 0.3) is 6.08 Å². The van der Waals surface area contributed by atoms with Crippen molar-refractivity contribution in [2.45, 2.75) is 13.8 Å². The van der Waals surface area contributed by atoms with Gasteiger partial charge in [0.2, 0.25) is 0 Å². The minimum absolute atomic E-state index is 0.158. The summed E-state index contributed by atoms with van der Waals surface area (Å²) in [5, 5.41) is 0. The van der Waals surface area contributed by atoms with Crippen LogP contribution in [0.15, 0.2) is 45.8 Å². The van der Waals surface area contributed by atoms with Gasteiger partial charge in [-0.2, -0.15) is 0 Å². The summed E-state index contributed by atoms with van der Waals surface area (Å²) in [6.07, 6.45) is 1.81. The van der Waals surface area contributed by atoms with E-state index >= 15 is 0 Å². The zero-order chi connectivity index (χ0) is 21.0. The van der Waals surface area contributed by atoms with E-state index in [-0.39, 0.29) is 5.91 Å². The molecule has 5 nitrogen and oxygen atoms in total. The largest absolute Gasteiger partial charge is 0.494 e. The third kappa shape index (κ3) is 4.76. The summed E-state index contributed by atoms with van der Waals surface area (Å²) in [5.74, 6) is 1.82. The van der Waals surface area contributed by atoms with Gasteiger partial charge in [-0.15, -0.1) is 0 Å². The van der Waals surface area contributed by atoms with Crippen LogP contribution in [0.5, 0.6) is 17.2 Å². The molecule has 0 atom stereocenters. The second-order valence-electron chi connectivity index (χ2n) is 5.91. The number of hydrogen-bond donors (Lipinski definition) is 0. The highest BCUT2D eigenvalue weighted by molar-refractivity contribution is 9.10. The van der Waals surface area contributed by atoms with Crippen LogP contribution in [-0.2, 0) is 4.79 Å². The van der Waals surface area contributed by atoms with Crippen molar-refractivity contribution in [3.05, 3.63) is 51.3 Å². The molecular weight excluding hydrogens is 474 g/mol. The summed E-state index contributed by atoms with van der Waals surface area (Å²) >= 11 is 10.2. The van der Waals surface area contributed by atoms with Gasteiger partial charge in [0, 0.05) is 0 Å². The molecule has 2 aromatic rings. The van der Waals surface area contributed by atoms with Crippen molar-refractivity contribution in [3.8, 4) is 17.2 Å². The monoisotopic (exact) mass is 493 g/mol. The molecule has 1 aliphatic rings. The Morgan fingerprint density at radius 2 is 1.83 bits per heavy atom. The first-order valence-electron chi connectivity index (χ1n) is 8.99. The highest BCUT2D eigenvalue weighted by Crippen LogP contribution is 2.40. The number of benzene rings is 2. The third-order valence-corrected chi connectivity index (χ3v) is 5.92. The number of hydrogen-bond acceptors (Lipinski definition) is 6. The first-order chi connectivity index (χ1) is 14.0. The number of carbonyl (C=O) groups is 1. The Hall–Kier alpha value is -2.03. The maximum Gasteiger partial charge on any atom is 0.270 e. The Kier molecular flexibility index (Phi) is 7.21. The summed E-state index contributed by atoms with van der Waals surface area (Å²) in [7, 11) is 1.59. The Morgan fingerprint density at radius 1 is 1.14 bits per heavy atom. The van der Waals surface area contributed by atoms with Crippen LogP contribution >= 0.6 is 39.9 Å². The molecule has 0 aliphatic carbocycles. The van der Waals surface area contributed by atoms with E-state index in [1.54, 1.807) is 13.2 Å². The summed E-state index contributed by atoms with van der Waals surface area (Å²) in [6.45, 7) is 4.92. The van der Waals surface area contributed by atoms with Gasteiger partial charge in [-0.1, -0.05) is 24.0 Å². The van der Waals surface area contributed by atoms with E-state index in [0.717, 1.165) is 15.8 Å². The fourth-order valence-corrected chi connectivity index (χ4v) is 4.75. The fraction of sp³-hybridized carbons (Fsp3) is 0.238. The molecular formula is C21H20BrNO4S2. The second-order valence-corrected chi connectivity index (χ2v) is 8.44. The number of halogens is 1. The topological polar surface area (TPSA) is 48.0 Å². The van der Waals surface area contributed by atoms with E-state index in [1.807, 2.05) is 50.2 Å². The molecule has 0 saturated carbocycles. The van der Waals surface area contributed by atoms with Gasteiger partial charge in [0.15, 0.2) is 15.8 Å². The molecule has 1 saturated heterocycles. The number of nitrogens with zero attached hydrogens (tertiary/aromatic N) is 1.